The molecule has 0 aliphatic heterocycles. The lowest BCUT2D eigenvalue weighted by molar-refractivity contribution is -0.0624. The molecule has 1 aliphatic carbocycles. The lowest BCUT2D eigenvalue weighted by atomic mass is 9.84. The molecule has 1 aliphatic rings. The van der Waals surface area contributed by atoms with Gasteiger partial charge in [-0.3, -0.25) is 4.99 Å². The van der Waals surface area contributed by atoms with E-state index in [1.807, 2.05) is 24.3 Å². The van der Waals surface area contributed by atoms with Crippen LogP contribution in [0.5, 0.6) is 5.75 Å². The molecule has 6 heteroatoms. The van der Waals surface area contributed by atoms with Gasteiger partial charge in [0, 0.05) is 12.3 Å². The van der Waals surface area contributed by atoms with Gasteiger partial charge in [-0.25, -0.2) is 0 Å². The van der Waals surface area contributed by atoms with Crippen molar-refractivity contribution in [1.82, 2.24) is 0 Å². The normalized spacial score (nSPS) is 17.0. The number of nitrogens with one attached hydrogen (secondary N) is 1. The van der Waals surface area contributed by atoms with Crippen LogP contribution in [0.1, 0.15) is 45.4 Å². The maximum absolute atomic E-state index is 6.14. The maximum atomic E-state index is 6.14. The molecule has 0 amide bonds. The summed E-state index contributed by atoms with van der Waals surface area (Å²) >= 11 is 0. The topological polar surface area (TPSA) is 68.9 Å². The Hall–Kier alpha value is -1.02. The molecule has 1 aromatic rings. The Bertz CT molecular complexity index is 499. The van der Waals surface area contributed by atoms with Crippen LogP contribution >= 0.6 is 24.0 Å². The number of ether oxygens (including phenoxy) is 2. The number of hydrogen-bond acceptors (Lipinski definition) is 3. The first kappa shape index (κ1) is 21.0. The van der Waals surface area contributed by atoms with Gasteiger partial charge >= 0.3 is 0 Å². The summed E-state index contributed by atoms with van der Waals surface area (Å²) < 4.78 is 11.3. The lowest BCUT2D eigenvalue weighted by Gasteiger charge is -2.36. The summed E-state index contributed by atoms with van der Waals surface area (Å²) in [6.45, 7) is 3.56. The van der Waals surface area contributed by atoms with E-state index in [2.05, 4.69) is 17.2 Å². The van der Waals surface area contributed by atoms with Gasteiger partial charge in [0.2, 0.25) is 0 Å². The van der Waals surface area contributed by atoms with Crippen molar-refractivity contribution < 1.29 is 9.47 Å². The minimum absolute atomic E-state index is 0. The largest absolute Gasteiger partial charge is 0.497 e. The molecule has 3 N–H and O–H groups in total. The fraction of sp³-hybridized carbons (Fsp3) is 0.611. The highest BCUT2D eigenvalue weighted by Gasteiger charge is 2.32. The fourth-order valence-electron chi connectivity index (χ4n) is 2.95. The number of anilines is 1. The van der Waals surface area contributed by atoms with Crippen LogP contribution in [0.2, 0.25) is 0 Å². The minimum atomic E-state index is -0.125. The van der Waals surface area contributed by atoms with Gasteiger partial charge in [0.15, 0.2) is 5.96 Å². The Morgan fingerprint density at radius 1 is 1.21 bits per heavy atom. The number of hydrogen-bond donors (Lipinski definition) is 2. The van der Waals surface area contributed by atoms with Gasteiger partial charge in [-0.2, -0.15) is 0 Å². The standard InChI is InChI=1S/C18H29N3O2.HI/c1-3-13-23-18(11-5-4-6-12-18)14-20-17(19)21-15-7-9-16(22-2)10-8-15;/h7-10H,3-6,11-14H2,1-2H3,(H3,19,20,21);1H. The van der Waals surface area contributed by atoms with Crippen LogP contribution in [-0.4, -0.2) is 31.8 Å². The zero-order chi connectivity index (χ0) is 16.5. The molecule has 0 unspecified atom stereocenters. The van der Waals surface area contributed by atoms with Crippen LogP contribution < -0.4 is 15.8 Å². The van der Waals surface area contributed by atoms with Crippen LogP contribution in [0, 0.1) is 0 Å². The van der Waals surface area contributed by atoms with E-state index in [-0.39, 0.29) is 29.6 Å². The van der Waals surface area contributed by atoms with Gasteiger partial charge in [-0.15, -0.1) is 24.0 Å². The Morgan fingerprint density at radius 2 is 1.88 bits per heavy atom. The van der Waals surface area contributed by atoms with E-state index in [1.54, 1.807) is 7.11 Å². The van der Waals surface area contributed by atoms with E-state index in [4.69, 9.17) is 15.2 Å². The third kappa shape index (κ3) is 6.47. The average Bonchev–Trinajstić information content (AvgIpc) is 2.60. The number of nitrogens with two attached hydrogens (primary N) is 1. The predicted octanol–water partition coefficient (Wildman–Crippen LogP) is 4.17. The van der Waals surface area contributed by atoms with Crippen LogP contribution in [0.3, 0.4) is 0 Å². The molecule has 1 saturated carbocycles. The van der Waals surface area contributed by atoms with Gasteiger partial charge in [0.1, 0.15) is 5.75 Å². The average molecular weight is 447 g/mol. The first-order valence-electron chi connectivity index (χ1n) is 8.52. The second kappa shape index (κ2) is 10.8. The lowest BCUT2D eigenvalue weighted by Crippen LogP contribution is -2.39. The maximum Gasteiger partial charge on any atom is 0.193 e. The monoisotopic (exact) mass is 447 g/mol. The van der Waals surface area contributed by atoms with Crippen molar-refractivity contribution in [3.63, 3.8) is 0 Å². The van der Waals surface area contributed by atoms with E-state index in [0.717, 1.165) is 37.3 Å². The highest BCUT2D eigenvalue weighted by molar-refractivity contribution is 14.0. The third-order valence-electron chi connectivity index (χ3n) is 4.28. The van der Waals surface area contributed by atoms with E-state index < -0.39 is 0 Å². The van der Waals surface area contributed by atoms with Gasteiger partial charge in [0.25, 0.3) is 0 Å². The van der Waals surface area contributed by atoms with E-state index in [9.17, 15) is 0 Å². The fourth-order valence-corrected chi connectivity index (χ4v) is 2.95. The molecular formula is C18H30IN3O2. The number of aliphatic imine (C=N–C) groups is 1. The molecule has 24 heavy (non-hydrogen) atoms. The van der Waals surface area contributed by atoms with Crippen molar-refractivity contribution >= 4 is 35.6 Å². The Labute approximate surface area is 162 Å². The number of benzene rings is 1. The van der Waals surface area contributed by atoms with Crippen LogP contribution in [-0.2, 0) is 4.74 Å². The Morgan fingerprint density at radius 3 is 2.46 bits per heavy atom. The highest BCUT2D eigenvalue weighted by atomic mass is 127. The number of nitrogens with zero attached hydrogens (tertiary/aromatic N) is 1. The van der Waals surface area contributed by atoms with E-state index >= 15 is 0 Å². The van der Waals surface area contributed by atoms with Crippen molar-refractivity contribution in [2.75, 3.05) is 25.6 Å². The second-order valence-electron chi connectivity index (χ2n) is 6.15. The van der Waals surface area contributed by atoms with Gasteiger partial charge < -0.3 is 20.5 Å². The number of rotatable bonds is 7. The smallest absolute Gasteiger partial charge is 0.193 e. The molecule has 0 spiro atoms. The van der Waals surface area contributed by atoms with Crippen LogP contribution in [0.25, 0.3) is 0 Å². The van der Waals surface area contributed by atoms with E-state index in [0.29, 0.717) is 12.5 Å². The number of methoxy groups -OCH3 is 1. The summed E-state index contributed by atoms with van der Waals surface area (Å²) in [5.74, 6) is 1.25. The quantitative estimate of drug-likeness (QED) is 0.374. The van der Waals surface area contributed by atoms with Crippen molar-refractivity contribution in [3.05, 3.63) is 24.3 Å². The minimum Gasteiger partial charge on any atom is -0.497 e. The molecule has 1 aromatic carbocycles. The molecule has 0 saturated heterocycles. The molecule has 0 heterocycles. The second-order valence-corrected chi connectivity index (χ2v) is 6.15. The molecular weight excluding hydrogens is 417 g/mol. The SMILES string of the molecule is CCCOC1(CN=C(N)Nc2ccc(OC)cc2)CCCCC1.I. The first-order valence-corrected chi connectivity index (χ1v) is 8.52. The molecule has 1 fully saturated rings. The van der Waals surface area contributed by atoms with Crippen molar-refractivity contribution in [2.45, 2.75) is 51.0 Å². The Kier molecular flexibility index (Phi) is 9.43. The molecule has 2 rings (SSSR count). The molecule has 5 nitrogen and oxygen atoms in total. The zero-order valence-electron chi connectivity index (χ0n) is 14.7. The first-order chi connectivity index (χ1) is 11.2. The molecule has 136 valence electrons. The van der Waals surface area contributed by atoms with Crippen molar-refractivity contribution in [2.24, 2.45) is 10.7 Å². The summed E-state index contributed by atoms with van der Waals surface area (Å²) in [4.78, 5) is 4.54. The van der Waals surface area contributed by atoms with Crippen molar-refractivity contribution in [3.8, 4) is 5.75 Å². The molecule has 0 atom stereocenters. The summed E-state index contributed by atoms with van der Waals surface area (Å²) in [6.07, 6.45) is 6.90. The predicted molar refractivity (Wildman–Crippen MR) is 111 cm³/mol. The zero-order valence-corrected chi connectivity index (χ0v) is 17.0. The number of guanidine groups is 1. The molecule has 0 radical (unpaired) electrons. The van der Waals surface area contributed by atoms with Crippen molar-refractivity contribution in [1.29, 1.82) is 0 Å². The highest BCUT2D eigenvalue weighted by Crippen LogP contribution is 2.32. The molecule has 0 aromatic heterocycles. The van der Waals surface area contributed by atoms with Gasteiger partial charge in [-0.1, -0.05) is 26.2 Å². The Balaban J connectivity index is 0.00000288. The van der Waals surface area contributed by atoms with E-state index in [1.165, 1.54) is 19.3 Å². The number of halogens is 1. The summed E-state index contributed by atoms with van der Waals surface area (Å²) in [6, 6.07) is 7.63. The van der Waals surface area contributed by atoms with Gasteiger partial charge in [-0.05, 0) is 43.5 Å². The van der Waals surface area contributed by atoms with Crippen LogP contribution in [0.4, 0.5) is 5.69 Å². The third-order valence-corrected chi connectivity index (χ3v) is 4.28. The summed E-state index contributed by atoms with van der Waals surface area (Å²) in [7, 11) is 1.65. The van der Waals surface area contributed by atoms with Gasteiger partial charge in [0.05, 0.1) is 19.3 Å². The molecule has 0 bridgehead atoms. The summed E-state index contributed by atoms with van der Waals surface area (Å²) in [5, 5.41) is 3.12. The summed E-state index contributed by atoms with van der Waals surface area (Å²) in [5.41, 5.74) is 6.81. The van der Waals surface area contributed by atoms with Crippen LogP contribution in [0.15, 0.2) is 29.3 Å².